The van der Waals surface area contributed by atoms with E-state index < -0.39 is 0 Å². The van der Waals surface area contributed by atoms with Crippen LogP contribution in [0.4, 0.5) is 5.95 Å². The Morgan fingerprint density at radius 3 is 2.48 bits per heavy atom. The zero-order valence-corrected chi connectivity index (χ0v) is 15.3. The first-order chi connectivity index (χ1) is 12.1. The van der Waals surface area contributed by atoms with Crippen LogP contribution in [0.3, 0.4) is 0 Å². The Balaban J connectivity index is 1.63. The third kappa shape index (κ3) is 3.82. The van der Waals surface area contributed by atoms with Gasteiger partial charge in [-0.2, -0.15) is 4.98 Å². The molecule has 1 aliphatic heterocycles. The van der Waals surface area contributed by atoms with Crippen LogP contribution in [0, 0.1) is 13.8 Å². The lowest BCUT2D eigenvalue weighted by molar-refractivity contribution is 0.244. The lowest BCUT2D eigenvalue weighted by Gasteiger charge is -2.34. The Hall–Kier alpha value is -2.41. The third-order valence-electron chi connectivity index (χ3n) is 4.60. The summed E-state index contributed by atoms with van der Waals surface area (Å²) in [5, 5.41) is 0. The lowest BCUT2D eigenvalue weighted by atomic mass is 10.1. The van der Waals surface area contributed by atoms with Crippen molar-refractivity contribution in [2.45, 2.75) is 20.4 Å². The maximum atomic E-state index is 5.51. The highest BCUT2D eigenvalue weighted by atomic mass is 16.5. The van der Waals surface area contributed by atoms with E-state index in [2.05, 4.69) is 31.7 Å². The molecule has 0 amide bonds. The number of hydrogen-bond acceptors (Lipinski definition) is 7. The smallest absolute Gasteiger partial charge is 0.228 e. The Morgan fingerprint density at radius 2 is 1.80 bits per heavy atom. The zero-order valence-electron chi connectivity index (χ0n) is 15.3. The monoisotopic (exact) mass is 343 g/mol. The van der Waals surface area contributed by atoms with Gasteiger partial charge >= 0.3 is 0 Å². The molecule has 0 aliphatic carbocycles. The topological polar surface area (TPSA) is 63.6 Å². The average molecular weight is 343 g/mol. The lowest BCUT2D eigenvalue weighted by Crippen LogP contribution is -2.46. The van der Waals surface area contributed by atoms with E-state index in [4.69, 9.17) is 9.47 Å². The second-order valence-corrected chi connectivity index (χ2v) is 6.21. The van der Waals surface area contributed by atoms with Gasteiger partial charge in [0.25, 0.3) is 0 Å². The van der Waals surface area contributed by atoms with Crippen LogP contribution in [0.2, 0.25) is 0 Å². The molecule has 1 saturated heterocycles. The number of rotatable bonds is 5. The van der Waals surface area contributed by atoms with Crippen molar-refractivity contribution < 1.29 is 9.47 Å². The van der Waals surface area contributed by atoms with Crippen molar-refractivity contribution in [3.8, 4) is 11.6 Å². The van der Waals surface area contributed by atoms with Gasteiger partial charge in [0.15, 0.2) is 0 Å². The van der Waals surface area contributed by atoms with Crippen molar-refractivity contribution in [3.05, 3.63) is 35.3 Å². The second kappa shape index (κ2) is 7.65. The Bertz CT molecular complexity index is 729. The molecule has 0 atom stereocenters. The van der Waals surface area contributed by atoms with Gasteiger partial charge in [0, 0.05) is 62.3 Å². The molecule has 1 aliphatic rings. The predicted molar refractivity (Wildman–Crippen MR) is 96.3 cm³/mol. The van der Waals surface area contributed by atoms with E-state index in [1.165, 1.54) is 0 Å². The van der Waals surface area contributed by atoms with Gasteiger partial charge in [-0.15, -0.1) is 0 Å². The highest BCUT2D eigenvalue weighted by Gasteiger charge is 2.21. The molecule has 7 nitrogen and oxygen atoms in total. The molecule has 0 radical (unpaired) electrons. The van der Waals surface area contributed by atoms with E-state index in [-0.39, 0.29) is 0 Å². The number of nitrogens with zero attached hydrogens (tertiary/aromatic N) is 5. The average Bonchev–Trinajstić information content (AvgIpc) is 2.65. The number of ether oxygens (including phenoxy) is 2. The maximum Gasteiger partial charge on any atom is 0.228 e. The fourth-order valence-electron chi connectivity index (χ4n) is 3.15. The summed E-state index contributed by atoms with van der Waals surface area (Å²) in [6.45, 7) is 8.58. The summed E-state index contributed by atoms with van der Waals surface area (Å²) >= 11 is 0. The van der Waals surface area contributed by atoms with Crippen molar-refractivity contribution in [3.63, 3.8) is 0 Å². The highest BCUT2D eigenvalue weighted by Crippen LogP contribution is 2.25. The van der Waals surface area contributed by atoms with E-state index in [0.717, 1.165) is 61.2 Å². The fraction of sp³-hybridized carbons (Fsp3) is 0.500. The van der Waals surface area contributed by atoms with Crippen molar-refractivity contribution in [2.75, 3.05) is 45.3 Å². The molecular weight excluding hydrogens is 318 g/mol. The minimum absolute atomic E-state index is 0.596. The summed E-state index contributed by atoms with van der Waals surface area (Å²) in [5.74, 6) is 2.26. The molecular formula is C18H25N5O2. The normalized spacial score (nSPS) is 15.3. The standard InChI is InChI=1S/C18H25N5O2/c1-13-11-20-15(14(2)17(13)25-4)12-22-7-9-23(10-8-22)18-19-6-5-16(21-18)24-3/h5-6,11H,7-10,12H2,1-4H3. The molecule has 2 aromatic rings. The van der Waals surface area contributed by atoms with E-state index in [1.807, 2.05) is 13.1 Å². The van der Waals surface area contributed by atoms with Crippen LogP contribution in [0.5, 0.6) is 11.6 Å². The summed E-state index contributed by atoms with van der Waals surface area (Å²) in [6.07, 6.45) is 3.63. The third-order valence-corrected chi connectivity index (χ3v) is 4.60. The highest BCUT2D eigenvalue weighted by molar-refractivity contribution is 5.41. The fourth-order valence-corrected chi connectivity index (χ4v) is 3.15. The van der Waals surface area contributed by atoms with Gasteiger partial charge in [-0.25, -0.2) is 4.98 Å². The molecule has 2 aromatic heterocycles. The van der Waals surface area contributed by atoms with Crippen LogP contribution in [0.25, 0.3) is 0 Å². The Labute approximate surface area is 148 Å². The van der Waals surface area contributed by atoms with Crippen LogP contribution in [0.1, 0.15) is 16.8 Å². The minimum Gasteiger partial charge on any atom is -0.496 e. The number of hydrogen-bond donors (Lipinski definition) is 0. The second-order valence-electron chi connectivity index (χ2n) is 6.21. The Morgan fingerprint density at radius 1 is 1.04 bits per heavy atom. The molecule has 0 N–H and O–H groups in total. The van der Waals surface area contributed by atoms with Crippen LogP contribution in [0.15, 0.2) is 18.5 Å². The SMILES string of the molecule is COc1ccnc(N2CCN(Cc3ncc(C)c(OC)c3C)CC2)n1. The Kier molecular flexibility index (Phi) is 5.33. The summed E-state index contributed by atoms with van der Waals surface area (Å²) in [6, 6.07) is 1.76. The van der Waals surface area contributed by atoms with E-state index >= 15 is 0 Å². The number of pyridine rings is 1. The molecule has 1 fully saturated rings. The molecule has 134 valence electrons. The molecule has 0 spiro atoms. The number of piperazine rings is 1. The van der Waals surface area contributed by atoms with Crippen molar-refractivity contribution in [1.82, 2.24) is 19.9 Å². The molecule has 3 heterocycles. The first-order valence-corrected chi connectivity index (χ1v) is 8.45. The largest absolute Gasteiger partial charge is 0.496 e. The molecule has 3 rings (SSSR count). The van der Waals surface area contributed by atoms with E-state index in [9.17, 15) is 0 Å². The van der Waals surface area contributed by atoms with Crippen molar-refractivity contribution >= 4 is 5.95 Å². The summed E-state index contributed by atoms with van der Waals surface area (Å²) in [7, 11) is 3.33. The van der Waals surface area contributed by atoms with Crippen molar-refractivity contribution in [1.29, 1.82) is 0 Å². The van der Waals surface area contributed by atoms with Crippen LogP contribution < -0.4 is 14.4 Å². The number of aromatic nitrogens is 3. The zero-order chi connectivity index (χ0) is 17.8. The van der Waals surface area contributed by atoms with E-state index in [1.54, 1.807) is 26.5 Å². The first kappa shape index (κ1) is 17.4. The van der Waals surface area contributed by atoms with Gasteiger partial charge in [-0.1, -0.05) is 0 Å². The summed E-state index contributed by atoms with van der Waals surface area (Å²) < 4.78 is 10.7. The maximum absolute atomic E-state index is 5.51. The summed E-state index contributed by atoms with van der Waals surface area (Å²) in [5.41, 5.74) is 3.28. The van der Waals surface area contributed by atoms with E-state index in [0.29, 0.717) is 5.88 Å². The van der Waals surface area contributed by atoms with Gasteiger partial charge in [-0.3, -0.25) is 9.88 Å². The van der Waals surface area contributed by atoms with Gasteiger partial charge in [-0.05, 0) is 13.8 Å². The van der Waals surface area contributed by atoms with Crippen LogP contribution >= 0.6 is 0 Å². The van der Waals surface area contributed by atoms with Crippen LogP contribution in [-0.4, -0.2) is 60.3 Å². The van der Waals surface area contributed by atoms with Gasteiger partial charge < -0.3 is 14.4 Å². The molecule has 0 unspecified atom stereocenters. The predicted octanol–water partition coefficient (Wildman–Crippen LogP) is 1.83. The molecule has 0 saturated carbocycles. The number of aryl methyl sites for hydroxylation is 1. The van der Waals surface area contributed by atoms with Crippen molar-refractivity contribution in [2.24, 2.45) is 0 Å². The van der Waals surface area contributed by atoms with Crippen LogP contribution in [-0.2, 0) is 6.54 Å². The van der Waals surface area contributed by atoms with Gasteiger partial charge in [0.1, 0.15) is 5.75 Å². The number of methoxy groups -OCH3 is 2. The number of anilines is 1. The molecule has 25 heavy (non-hydrogen) atoms. The minimum atomic E-state index is 0.596. The molecule has 7 heteroatoms. The quantitative estimate of drug-likeness (QED) is 0.820. The first-order valence-electron chi connectivity index (χ1n) is 8.45. The van der Waals surface area contributed by atoms with Gasteiger partial charge in [0.2, 0.25) is 11.8 Å². The van der Waals surface area contributed by atoms with Gasteiger partial charge in [0.05, 0.1) is 19.9 Å². The summed E-state index contributed by atoms with van der Waals surface area (Å²) in [4.78, 5) is 18.0. The molecule has 0 aromatic carbocycles. The molecule has 0 bridgehead atoms.